The summed E-state index contributed by atoms with van der Waals surface area (Å²) in [4.78, 5) is 25.0. The molecule has 4 nitrogen and oxygen atoms in total. The Morgan fingerprint density at radius 2 is 1.84 bits per heavy atom. The maximum Gasteiger partial charge on any atom is 0.234 e. The molecule has 0 aliphatic carbocycles. The van der Waals surface area contributed by atoms with Crippen LogP contribution in [-0.4, -0.2) is 43.3 Å². The third-order valence-corrected chi connectivity index (χ3v) is 2.57. The molecule has 1 aromatic carbocycles. The van der Waals surface area contributed by atoms with E-state index in [9.17, 15) is 14.0 Å². The van der Waals surface area contributed by atoms with Crippen LogP contribution in [0.5, 0.6) is 0 Å². The molecule has 0 spiro atoms. The van der Waals surface area contributed by atoms with Crippen LogP contribution >= 0.6 is 0 Å². The minimum Gasteiger partial charge on any atom is -0.355 e. The number of carbonyl (C=O) groups excluding carboxylic acids is 2. The van der Waals surface area contributed by atoms with Crippen molar-refractivity contribution < 1.29 is 14.0 Å². The number of hydrogen-bond acceptors (Lipinski definition) is 3. The number of hydrogen-bond donors (Lipinski definition) is 1. The van der Waals surface area contributed by atoms with Crippen LogP contribution in [0.2, 0.25) is 0 Å². The number of amides is 1. The first kappa shape index (κ1) is 15.3. The largest absolute Gasteiger partial charge is 0.355 e. The lowest BCUT2D eigenvalue weighted by atomic mass is 10.1. The van der Waals surface area contributed by atoms with Crippen molar-refractivity contribution in [3.63, 3.8) is 0 Å². The second kappa shape index (κ2) is 7.63. The minimum absolute atomic E-state index is 0.101. The Balaban J connectivity index is 2.43. The van der Waals surface area contributed by atoms with Gasteiger partial charge in [0.15, 0.2) is 5.78 Å². The molecule has 104 valence electrons. The number of nitrogens with one attached hydrogen (secondary N) is 1. The van der Waals surface area contributed by atoms with Gasteiger partial charge >= 0.3 is 0 Å². The van der Waals surface area contributed by atoms with Gasteiger partial charge < -0.3 is 5.32 Å². The highest BCUT2D eigenvalue weighted by Gasteiger charge is 2.12. The molecule has 0 aliphatic heterocycles. The van der Waals surface area contributed by atoms with Crippen molar-refractivity contribution in [1.29, 1.82) is 0 Å². The molecule has 0 fully saturated rings. The standard InChI is InChI=1S/C14H19FN2O2/c1-3-8-16-14(19)10-17(2)9-13(18)11-4-6-12(15)7-5-11/h4-7H,3,8-10H2,1-2H3,(H,16,19). The Morgan fingerprint density at radius 3 is 2.42 bits per heavy atom. The summed E-state index contributed by atoms with van der Waals surface area (Å²) in [6.07, 6.45) is 0.879. The van der Waals surface area contributed by atoms with Gasteiger partial charge in [-0.05, 0) is 37.7 Å². The lowest BCUT2D eigenvalue weighted by Gasteiger charge is -2.15. The normalized spacial score (nSPS) is 10.5. The van der Waals surface area contributed by atoms with E-state index < -0.39 is 0 Å². The predicted octanol–water partition coefficient (Wildman–Crippen LogP) is 1.47. The van der Waals surface area contributed by atoms with E-state index in [0.717, 1.165) is 6.42 Å². The number of nitrogens with zero attached hydrogens (tertiary/aromatic N) is 1. The average molecular weight is 266 g/mol. The summed E-state index contributed by atoms with van der Waals surface area (Å²) in [6.45, 7) is 2.92. The highest BCUT2D eigenvalue weighted by Crippen LogP contribution is 2.04. The van der Waals surface area contributed by atoms with E-state index in [-0.39, 0.29) is 30.6 Å². The fourth-order valence-corrected chi connectivity index (χ4v) is 1.59. The van der Waals surface area contributed by atoms with Gasteiger partial charge in [0.2, 0.25) is 5.91 Å². The van der Waals surface area contributed by atoms with Crippen molar-refractivity contribution in [2.24, 2.45) is 0 Å². The SMILES string of the molecule is CCCNC(=O)CN(C)CC(=O)c1ccc(F)cc1. The van der Waals surface area contributed by atoms with E-state index in [4.69, 9.17) is 0 Å². The first-order chi connectivity index (χ1) is 9.02. The van der Waals surface area contributed by atoms with Crippen LogP contribution in [0.3, 0.4) is 0 Å². The third-order valence-electron chi connectivity index (χ3n) is 2.57. The van der Waals surface area contributed by atoms with E-state index in [1.165, 1.54) is 24.3 Å². The summed E-state index contributed by atoms with van der Waals surface area (Å²) in [7, 11) is 1.70. The number of ketones is 1. The quantitative estimate of drug-likeness (QED) is 0.760. The van der Waals surface area contributed by atoms with Crippen molar-refractivity contribution in [2.45, 2.75) is 13.3 Å². The fourth-order valence-electron chi connectivity index (χ4n) is 1.59. The maximum atomic E-state index is 12.7. The average Bonchev–Trinajstić information content (AvgIpc) is 2.36. The van der Waals surface area contributed by atoms with Crippen molar-refractivity contribution in [3.05, 3.63) is 35.6 Å². The molecule has 0 aromatic heterocycles. The zero-order chi connectivity index (χ0) is 14.3. The molecule has 0 saturated heterocycles. The van der Waals surface area contributed by atoms with Crippen LogP contribution in [0.1, 0.15) is 23.7 Å². The Labute approximate surface area is 112 Å². The summed E-state index contributed by atoms with van der Waals surface area (Å²) in [6, 6.07) is 5.40. The molecule has 1 amide bonds. The number of benzene rings is 1. The van der Waals surface area contributed by atoms with Gasteiger partial charge in [0, 0.05) is 12.1 Å². The number of rotatable bonds is 7. The Bertz CT molecular complexity index is 432. The topological polar surface area (TPSA) is 49.4 Å². The Morgan fingerprint density at radius 1 is 1.21 bits per heavy atom. The molecule has 1 N–H and O–H groups in total. The van der Waals surface area contributed by atoms with Crippen LogP contribution in [0, 0.1) is 5.82 Å². The summed E-state index contributed by atoms with van der Waals surface area (Å²) < 4.78 is 12.7. The van der Waals surface area contributed by atoms with Gasteiger partial charge in [-0.2, -0.15) is 0 Å². The van der Waals surface area contributed by atoms with Gasteiger partial charge in [-0.15, -0.1) is 0 Å². The maximum absolute atomic E-state index is 12.7. The second-order valence-electron chi connectivity index (χ2n) is 4.45. The zero-order valence-electron chi connectivity index (χ0n) is 11.3. The summed E-state index contributed by atoms with van der Waals surface area (Å²) in [5.41, 5.74) is 0.446. The Hall–Kier alpha value is -1.75. The smallest absolute Gasteiger partial charge is 0.234 e. The summed E-state index contributed by atoms with van der Waals surface area (Å²) >= 11 is 0. The van der Waals surface area contributed by atoms with Crippen molar-refractivity contribution in [2.75, 3.05) is 26.7 Å². The minimum atomic E-state index is -0.371. The van der Waals surface area contributed by atoms with Crippen LogP contribution in [0.4, 0.5) is 4.39 Å². The van der Waals surface area contributed by atoms with Gasteiger partial charge in [-0.3, -0.25) is 14.5 Å². The fraction of sp³-hybridized carbons (Fsp3) is 0.429. The zero-order valence-corrected chi connectivity index (χ0v) is 11.3. The monoisotopic (exact) mass is 266 g/mol. The molecule has 0 saturated carbocycles. The molecular weight excluding hydrogens is 247 g/mol. The van der Waals surface area contributed by atoms with Gasteiger partial charge in [-0.1, -0.05) is 6.92 Å². The summed E-state index contributed by atoms with van der Waals surface area (Å²) in [5.74, 6) is -0.606. The first-order valence-corrected chi connectivity index (χ1v) is 6.27. The second-order valence-corrected chi connectivity index (χ2v) is 4.45. The van der Waals surface area contributed by atoms with Gasteiger partial charge in [0.25, 0.3) is 0 Å². The van der Waals surface area contributed by atoms with Crippen LogP contribution in [0.25, 0.3) is 0 Å². The molecule has 0 heterocycles. The highest BCUT2D eigenvalue weighted by atomic mass is 19.1. The molecule has 1 rings (SSSR count). The highest BCUT2D eigenvalue weighted by molar-refractivity contribution is 5.97. The molecule has 1 aromatic rings. The molecule has 0 atom stereocenters. The molecule has 5 heteroatoms. The Kier molecular flexibility index (Phi) is 6.15. The van der Waals surface area contributed by atoms with Crippen LogP contribution < -0.4 is 5.32 Å². The van der Waals surface area contributed by atoms with E-state index in [1.54, 1.807) is 11.9 Å². The van der Waals surface area contributed by atoms with Crippen molar-refractivity contribution >= 4 is 11.7 Å². The van der Waals surface area contributed by atoms with Gasteiger partial charge in [-0.25, -0.2) is 4.39 Å². The number of halogens is 1. The predicted molar refractivity (Wildman–Crippen MR) is 71.5 cm³/mol. The van der Waals surface area contributed by atoms with E-state index in [1.807, 2.05) is 6.92 Å². The number of Topliss-reactive ketones (excluding diaryl/α,β-unsaturated/α-hetero) is 1. The lowest BCUT2D eigenvalue weighted by Crippen LogP contribution is -2.37. The molecule has 0 bridgehead atoms. The third kappa shape index (κ3) is 5.61. The first-order valence-electron chi connectivity index (χ1n) is 6.27. The van der Waals surface area contributed by atoms with Gasteiger partial charge in [0.1, 0.15) is 5.82 Å². The lowest BCUT2D eigenvalue weighted by molar-refractivity contribution is -0.121. The van der Waals surface area contributed by atoms with E-state index in [2.05, 4.69) is 5.32 Å². The molecule has 0 aliphatic rings. The summed E-state index contributed by atoms with van der Waals surface area (Å²) in [5, 5.41) is 2.74. The van der Waals surface area contributed by atoms with Crippen LogP contribution in [0.15, 0.2) is 24.3 Å². The van der Waals surface area contributed by atoms with Gasteiger partial charge in [0.05, 0.1) is 13.1 Å². The number of likely N-dealkylation sites (N-methyl/N-ethyl adjacent to an activating group) is 1. The molecular formula is C14H19FN2O2. The van der Waals surface area contributed by atoms with Crippen LogP contribution in [-0.2, 0) is 4.79 Å². The van der Waals surface area contributed by atoms with Crippen molar-refractivity contribution in [1.82, 2.24) is 10.2 Å². The molecule has 0 unspecified atom stereocenters. The molecule has 0 radical (unpaired) electrons. The van der Waals surface area contributed by atoms with Crippen molar-refractivity contribution in [3.8, 4) is 0 Å². The molecule has 19 heavy (non-hydrogen) atoms. The van der Waals surface area contributed by atoms with E-state index >= 15 is 0 Å². The van der Waals surface area contributed by atoms with E-state index in [0.29, 0.717) is 12.1 Å². The number of carbonyl (C=O) groups is 2.